The number of amides is 1. The van der Waals surface area contributed by atoms with Crippen molar-refractivity contribution in [3.8, 4) is 10.6 Å². The maximum Gasteiger partial charge on any atom is 0.250 e. The highest BCUT2D eigenvalue weighted by Gasteiger charge is 2.12. The Kier molecular flexibility index (Phi) is 5.64. The third-order valence-electron chi connectivity index (χ3n) is 4.34. The number of aromatic nitrogens is 4. The van der Waals surface area contributed by atoms with E-state index in [1.54, 1.807) is 10.6 Å². The van der Waals surface area contributed by atoms with E-state index >= 15 is 0 Å². The normalized spacial score (nSPS) is 11.1. The quantitative estimate of drug-likeness (QED) is 0.373. The Hall–Kier alpha value is -3.43. The highest BCUT2D eigenvalue weighted by molar-refractivity contribution is 7.80. The molecule has 0 aliphatic heterocycles. The van der Waals surface area contributed by atoms with Gasteiger partial charge in [0, 0.05) is 17.3 Å². The van der Waals surface area contributed by atoms with E-state index < -0.39 is 0 Å². The zero-order valence-corrected chi connectivity index (χ0v) is 17.9. The average Bonchev–Trinajstić information content (AvgIpc) is 3.31. The molecule has 2 heterocycles. The number of rotatable bonds is 4. The summed E-state index contributed by atoms with van der Waals surface area (Å²) in [5.41, 5.74) is 3.66. The first kappa shape index (κ1) is 19.9. The molecule has 0 bridgehead atoms. The predicted molar refractivity (Wildman–Crippen MR) is 123 cm³/mol. The summed E-state index contributed by atoms with van der Waals surface area (Å²) < 4.78 is 1.72. The fourth-order valence-corrected chi connectivity index (χ4v) is 3.86. The maximum absolute atomic E-state index is 12.1. The van der Waals surface area contributed by atoms with Gasteiger partial charge in [0.1, 0.15) is 5.01 Å². The van der Waals surface area contributed by atoms with Crippen LogP contribution >= 0.6 is 23.6 Å². The molecule has 150 valence electrons. The minimum Gasteiger partial charge on any atom is -0.332 e. The van der Waals surface area contributed by atoms with Gasteiger partial charge in [-0.05, 0) is 49.3 Å². The molecule has 0 unspecified atom stereocenters. The number of hydrogen-bond donors (Lipinski definition) is 2. The van der Waals surface area contributed by atoms with Crippen LogP contribution in [0.25, 0.3) is 21.6 Å². The third kappa shape index (κ3) is 4.42. The summed E-state index contributed by atoms with van der Waals surface area (Å²) in [6, 6.07) is 15.5. The van der Waals surface area contributed by atoms with Crippen LogP contribution in [0.1, 0.15) is 17.0 Å². The predicted octanol–water partition coefficient (Wildman–Crippen LogP) is 4.00. The Morgan fingerprint density at radius 2 is 1.93 bits per heavy atom. The van der Waals surface area contributed by atoms with E-state index in [1.165, 1.54) is 17.4 Å². The van der Waals surface area contributed by atoms with Gasteiger partial charge >= 0.3 is 0 Å². The van der Waals surface area contributed by atoms with Gasteiger partial charge in [-0.15, -0.1) is 10.2 Å². The number of nitrogens with one attached hydrogen (secondary N) is 2. The summed E-state index contributed by atoms with van der Waals surface area (Å²) in [6.45, 7) is 3.83. The molecule has 0 atom stereocenters. The molecule has 0 saturated carbocycles. The van der Waals surface area contributed by atoms with Gasteiger partial charge in [0.15, 0.2) is 10.9 Å². The standard InChI is InChI=1S/C21H18N6OS2/c1-13-8-10-16(19-26-27-14(2)24-25-21(27)30-19)12-17(13)22-20(29)23-18(28)11-9-15-6-4-3-5-7-15/h3-12H,1-2H3,(H2,22,23,28,29)/b11-9+. The summed E-state index contributed by atoms with van der Waals surface area (Å²) in [6.07, 6.45) is 3.19. The SMILES string of the molecule is Cc1ccc(-c2nn3c(C)nnc3s2)cc1NC(=S)NC(=O)/C=C/c1ccccc1. The number of carbonyl (C=O) groups excluding carboxylic acids is 1. The molecule has 0 aliphatic carbocycles. The van der Waals surface area contributed by atoms with Crippen LogP contribution < -0.4 is 10.6 Å². The van der Waals surface area contributed by atoms with E-state index in [1.807, 2.05) is 62.4 Å². The fourth-order valence-electron chi connectivity index (χ4n) is 2.76. The molecular weight excluding hydrogens is 416 g/mol. The summed E-state index contributed by atoms with van der Waals surface area (Å²) in [5, 5.41) is 19.5. The molecule has 2 aromatic carbocycles. The highest BCUT2D eigenvalue weighted by Crippen LogP contribution is 2.29. The van der Waals surface area contributed by atoms with Gasteiger partial charge in [-0.25, -0.2) is 0 Å². The highest BCUT2D eigenvalue weighted by atomic mass is 32.1. The van der Waals surface area contributed by atoms with Crippen LogP contribution in [0, 0.1) is 13.8 Å². The number of nitrogens with zero attached hydrogens (tertiary/aromatic N) is 4. The van der Waals surface area contributed by atoms with Crippen molar-refractivity contribution in [2.45, 2.75) is 13.8 Å². The molecule has 0 radical (unpaired) electrons. The first-order chi connectivity index (χ1) is 14.5. The van der Waals surface area contributed by atoms with Crippen molar-refractivity contribution in [3.63, 3.8) is 0 Å². The van der Waals surface area contributed by atoms with Gasteiger partial charge in [-0.2, -0.15) is 9.61 Å². The van der Waals surface area contributed by atoms with E-state index in [0.29, 0.717) is 0 Å². The van der Waals surface area contributed by atoms with Crippen molar-refractivity contribution < 1.29 is 4.79 Å². The van der Waals surface area contributed by atoms with Crippen molar-refractivity contribution in [2.24, 2.45) is 0 Å². The number of hydrogen-bond acceptors (Lipinski definition) is 6. The number of benzene rings is 2. The zero-order chi connectivity index (χ0) is 21.1. The van der Waals surface area contributed by atoms with E-state index in [-0.39, 0.29) is 11.0 Å². The monoisotopic (exact) mass is 434 g/mol. The Bertz CT molecular complexity index is 1260. The molecule has 0 spiro atoms. The van der Waals surface area contributed by atoms with Gasteiger partial charge in [-0.1, -0.05) is 53.8 Å². The lowest BCUT2D eigenvalue weighted by Gasteiger charge is -2.12. The number of anilines is 1. The van der Waals surface area contributed by atoms with Crippen LogP contribution in [0.2, 0.25) is 0 Å². The zero-order valence-electron chi connectivity index (χ0n) is 16.3. The summed E-state index contributed by atoms with van der Waals surface area (Å²) in [4.78, 5) is 12.9. The minimum absolute atomic E-state index is 0.229. The Labute approximate surface area is 182 Å². The fraction of sp³-hybridized carbons (Fsp3) is 0.0952. The van der Waals surface area contributed by atoms with Crippen molar-refractivity contribution in [2.75, 3.05) is 5.32 Å². The molecule has 4 aromatic rings. The molecule has 30 heavy (non-hydrogen) atoms. The van der Waals surface area contributed by atoms with Crippen molar-refractivity contribution in [1.29, 1.82) is 0 Å². The molecule has 7 nitrogen and oxygen atoms in total. The minimum atomic E-state index is -0.297. The lowest BCUT2D eigenvalue weighted by atomic mass is 10.1. The Morgan fingerprint density at radius 3 is 2.70 bits per heavy atom. The molecule has 0 saturated heterocycles. The second-order valence-electron chi connectivity index (χ2n) is 6.57. The van der Waals surface area contributed by atoms with Gasteiger partial charge < -0.3 is 5.32 Å². The second-order valence-corrected chi connectivity index (χ2v) is 7.93. The van der Waals surface area contributed by atoms with Gasteiger partial charge in [0.05, 0.1) is 0 Å². The molecule has 1 amide bonds. The average molecular weight is 435 g/mol. The molecule has 2 aromatic heterocycles. The summed E-state index contributed by atoms with van der Waals surface area (Å²) >= 11 is 6.76. The number of thiocarbonyl (C=S) groups is 1. The van der Waals surface area contributed by atoms with Crippen LogP contribution in [0.4, 0.5) is 5.69 Å². The van der Waals surface area contributed by atoms with Crippen LogP contribution in [-0.4, -0.2) is 30.8 Å². The number of carbonyl (C=O) groups is 1. The lowest BCUT2D eigenvalue weighted by molar-refractivity contribution is -0.115. The Morgan fingerprint density at radius 1 is 1.13 bits per heavy atom. The molecule has 2 N–H and O–H groups in total. The molecule has 0 fully saturated rings. The van der Waals surface area contributed by atoms with E-state index in [2.05, 4.69) is 25.9 Å². The first-order valence-corrected chi connectivity index (χ1v) is 10.4. The lowest BCUT2D eigenvalue weighted by Crippen LogP contribution is -2.33. The van der Waals surface area contributed by atoms with Crippen molar-refractivity contribution >= 4 is 51.3 Å². The Balaban J connectivity index is 1.46. The van der Waals surface area contributed by atoms with Crippen molar-refractivity contribution in [1.82, 2.24) is 25.1 Å². The molecular formula is C21H18N6OS2. The van der Waals surface area contributed by atoms with Crippen LogP contribution in [0.15, 0.2) is 54.6 Å². The van der Waals surface area contributed by atoms with E-state index in [4.69, 9.17) is 12.2 Å². The van der Waals surface area contributed by atoms with Gasteiger partial charge in [0.2, 0.25) is 10.9 Å². The largest absolute Gasteiger partial charge is 0.332 e. The summed E-state index contributed by atoms with van der Waals surface area (Å²) in [7, 11) is 0. The molecule has 0 aliphatic rings. The first-order valence-electron chi connectivity index (χ1n) is 9.14. The number of aryl methyl sites for hydroxylation is 2. The van der Waals surface area contributed by atoms with Crippen LogP contribution in [0.3, 0.4) is 0 Å². The van der Waals surface area contributed by atoms with Gasteiger partial charge in [-0.3, -0.25) is 10.1 Å². The topological polar surface area (TPSA) is 84.2 Å². The van der Waals surface area contributed by atoms with E-state index in [9.17, 15) is 4.79 Å². The van der Waals surface area contributed by atoms with Crippen LogP contribution in [0.5, 0.6) is 0 Å². The van der Waals surface area contributed by atoms with Crippen molar-refractivity contribution in [3.05, 3.63) is 71.6 Å². The van der Waals surface area contributed by atoms with Crippen LogP contribution in [-0.2, 0) is 4.79 Å². The molecule has 4 rings (SSSR count). The maximum atomic E-state index is 12.1. The second kappa shape index (κ2) is 8.52. The van der Waals surface area contributed by atoms with E-state index in [0.717, 1.165) is 38.2 Å². The van der Waals surface area contributed by atoms with Gasteiger partial charge in [0.25, 0.3) is 0 Å². The molecule has 9 heteroatoms. The smallest absolute Gasteiger partial charge is 0.250 e. The third-order valence-corrected chi connectivity index (χ3v) is 5.49. The number of fused-ring (bicyclic) bond motifs is 1. The summed E-state index contributed by atoms with van der Waals surface area (Å²) in [5.74, 6) is 0.444.